The Morgan fingerprint density at radius 1 is 1.21 bits per heavy atom. The molecule has 11 heteroatoms. The number of hydrogen-bond donors (Lipinski definition) is 2. The van der Waals surface area contributed by atoms with Gasteiger partial charge in [-0.1, -0.05) is 0 Å². The van der Waals surface area contributed by atoms with Gasteiger partial charge >= 0.3 is 6.01 Å². The van der Waals surface area contributed by atoms with E-state index in [1.54, 1.807) is 31.6 Å². The van der Waals surface area contributed by atoms with E-state index in [-0.39, 0.29) is 11.5 Å². The fraction of sp³-hybridized carbons (Fsp3) is 0.407. The standard InChI is InChI=1S/C27H33FN8O2/c1-16-13-36(14-17(2)30-16)23-7-6-20(25-21(23)12-29-27(32-25)38-9-8-34(3)4)26(37)31-19-10-18-15-35(5)33-24(18)22(28)11-19/h6-7,10-12,15-17,30H,8-9,13-14H2,1-5H3,(H,31,37)/t16-,17-/m1/s1. The van der Waals surface area contributed by atoms with Crippen molar-refractivity contribution < 1.29 is 13.9 Å². The van der Waals surface area contributed by atoms with Crippen LogP contribution < -0.4 is 20.3 Å². The lowest BCUT2D eigenvalue weighted by Crippen LogP contribution is -2.54. The van der Waals surface area contributed by atoms with Crippen molar-refractivity contribution in [2.45, 2.75) is 25.9 Å². The average Bonchev–Trinajstić information content (AvgIpc) is 3.23. The van der Waals surface area contributed by atoms with Gasteiger partial charge in [-0.3, -0.25) is 9.48 Å². The smallest absolute Gasteiger partial charge is 0.316 e. The van der Waals surface area contributed by atoms with Gasteiger partial charge in [0.1, 0.15) is 12.1 Å². The van der Waals surface area contributed by atoms with Crippen LogP contribution in [-0.4, -0.2) is 83.0 Å². The van der Waals surface area contributed by atoms with Crippen LogP contribution in [0.3, 0.4) is 0 Å². The van der Waals surface area contributed by atoms with Crippen LogP contribution in [0.5, 0.6) is 6.01 Å². The molecule has 4 aromatic rings. The van der Waals surface area contributed by atoms with E-state index >= 15 is 0 Å². The number of nitrogens with zero attached hydrogens (tertiary/aromatic N) is 6. The molecule has 1 aliphatic heterocycles. The summed E-state index contributed by atoms with van der Waals surface area (Å²) < 4.78 is 22.0. The van der Waals surface area contributed by atoms with Crippen molar-refractivity contribution in [1.82, 2.24) is 30.0 Å². The first-order chi connectivity index (χ1) is 18.2. The van der Waals surface area contributed by atoms with Crippen LogP contribution in [0.2, 0.25) is 0 Å². The van der Waals surface area contributed by atoms with Crippen molar-refractivity contribution in [2.24, 2.45) is 7.05 Å². The Labute approximate surface area is 220 Å². The molecule has 1 fully saturated rings. The van der Waals surface area contributed by atoms with E-state index in [4.69, 9.17) is 4.74 Å². The van der Waals surface area contributed by atoms with Gasteiger partial charge < -0.3 is 25.2 Å². The number of aryl methyl sites for hydroxylation is 1. The van der Waals surface area contributed by atoms with Gasteiger partial charge in [0.25, 0.3) is 5.91 Å². The van der Waals surface area contributed by atoms with Crippen molar-refractivity contribution in [2.75, 3.05) is 50.6 Å². The van der Waals surface area contributed by atoms with Gasteiger partial charge in [-0.2, -0.15) is 10.1 Å². The van der Waals surface area contributed by atoms with Gasteiger partial charge in [0, 0.05) is 73.3 Å². The zero-order valence-corrected chi connectivity index (χ0v) is 22.3. The molecule has 1 aliphatic rings. The highest BCUT2D eigenvalue weighted by Gasteiger charge is 2.25. The first kappa shape index (κ1) is 25.8. The van der Waals surface area contributed by atoms with Crippen LogP contribution in [0.15, 0.2) is 36.7 Å². The van der Waals surface area contributed by atoms with Crippen LogP contribution in [0.1, 0.15) is 24.2 Å². The Morgan fingerprint density at radius 3 is 2.71 bits per heavy atom. The number of fused-ring (bicyclic) bond motifs is 2. The number of aromatic nitrogens is 4. The lowest BCUT2D eigenvalue weighted by molar-refractivity contribution is 0.102. The molecule has 1 saturated heterocycles. The van der Waals surface area contributed by atoms with Crippen LogP contribution >= 0.6 is 0 Å². The molecule has 2 N–H and O–H groups in total. The number of likely N-dealkylation sites (N-methyl/N-ethyl adjacent to an activating group) is 1. The third kappa shape index (κ3) is 5.39. The molecule has 5 rings (SSSR count). The highest BCUT2D eigenvalue weighted by molar-refractivity contribution is 6.14. The first-order valence-electron chi connectivity index (χ1n) is 12.7. The number of piperazine rings is 1. The first-order valence-corrected chi connectivity index (χ1v) is 12.7. The summed E-state index contributed by atoms with van der Waals surface area (Å²) in [6.07, 6.45) is 3.43. The van der Waals surface area contributed by atoms with Gasteiger partial charge in [0.05, 0.1) is 11.1 Å². The van der Waals surface area contributed by atoms with E-state index in [0.29, 0.717) is 47.4 Å². The lowest BCUT2D eigenvalue weighted by atomic mass is 10.0. The predicted molar refractivity (Wildman–Crippen MR) is 146 cm³/mol. The number of carbonyl (C=O) groups is 1. The fourth-order valence-electron chi connectivity index (χ4n) is 4.94. The second-order valence-corrected chi connectivity index (χ2v) is 10.2. The molecule has 0 bridgehead atoms. The number of halogens is 1. The normalized spacial score (nSPS) is 17.9. The molecule has 2 aromatic heterocycles. The molecule has 2 atom stereocenters. The molecule has 38 heavy (non-hydrogen) atoms. The Balaban J connectivity index is 1.52. The molecule has 200 valence electrons. The molecule has 0 unspecified atom stereocenters. The number of hydrogen-bond acceptors (Lipinski definition) is 8. The minimum Gasteiger partial charge on any atom is -0.462 e. The molecular formula is C27H33FN8O2. The van der Waals surface area contributed by atoms with Crippen LogP contribution in [0, 0.1) is 5.82 Å². The largest absolute Gasteiger partial charge is 0.462 e. The summed E-state index contributed by atoms with van der Waals surface area (Å²) in [5.41, 5.74) is 2.39. The number of carbonyl (C=O) groups excluding carboxylic acids is 1. The summed E-state index contributed by atoms with van der Waals surface area (Å²) in [6, 6.07) is 7.50. The number of nitrogens with one attached hydrogen (secondary N) is 2. The zero-order valence-electron chi connectivity index (χ0n) is 22.3. The van der Waals surface area contributed by atoms with E-state index < -0.39 is 11.7 Å². The number of rotatable bonds is 7. The van der Waals surface area contributed by atoms with Gasteiger partial charge in [0.15, 0.2) is 5.82 Å². The van der Waals surface area contributed by atoms with E-state index in [1.165, 1.54) is 10.7 Å². The van der Waals surface area contributed by atoms with E-state index in [0.717, 1.165) is 24.2 Å². The van der Waals surface area contributed by atoms with Crippen molar-refractivity contribution in [3.8, 4) is 6.01 Å². The van der Waals surface area contributed by atoms with Crippen molar-refractivity contribution in [1.29, 1.82) is 0 Å². The maximum absolute atomic E-state index is 14.6. The summed E-state index contributed by atoms with van der Waals surface area (Å²) in [4.78, 5) is 26.9. The molecule has 0 spiro atoms. The number of amides is 1. The molecule has 1 amide bonds. The number of anilines is 2. The van der Waals surface area contributed by atoms with E-state index in [1.807, 2.05) is 25.1 Å². The number of benzene rings is 2. The topological polar surface area (TPSA) is 100 Å². The molecule has 0 saturated carbocycles. The quantitative estimate of drug-likeness (QED) is 0.384. The molecule has 2 aromatic carbocycles. The third-order valence-electron chi connectivity index (χ3n) is 6.55. The Bertz CT molecular complexity index is 1480. The molecular weight excluding hydrogens is 487 g/mol. The van der Waals surface area contributed by atoms with Crippen molar-refractivity contribution >= 4 is 39.1 Å². The molecule has 0 aliphatic carbocycles. The zero-order chi connectivity index (χ0) is 27.0. The van der Waals surface area contributed by atoms with Crippen LogP contribution in [0.4, 0.5) is 15.8 Å². The van der Waals surface area contributed by atoms with Gasteiger partial charge in [-0.25, -0.2) is 9.37 Å². The fourth-order valence-corrected chi connectivity index (χ4v) is 4.94. The van der Waals surface area contributed by atoms with Crippen molar-refractivity contribution in [3.63, 3.8) is 0 Å². The van der Waals surface area contributed by atoms with Crippen LogP contribution in [0.25, 0.3) is 21.8 Å². The second kappa shape index (κ2) is 10.5. The summed E-state index contributed by atoms with van der Waals surface area (Å²) in [5.74, 6) is -0.899. The highest BCUT2D eigenvalue weighted by Crippen LogP contribution is 2.31. The molecule has 0 radical (unpaired) electrons. The number of ether oxygens (including phenoxy) is 1. The second-order valence-electron chi connectivity index (χ2n) is 10.2. The summed E-state index contributed by atoms with van der Waals surface area (Å²) in [7, 11) is 5.64. The molecule has 3 heterocycles. The van der Waals surface area contributed by atoms with Gasteiger partial charge in [-0.05, 0) is 52.2 Å². The predicted octanol–water partition coefficient (Wildman–Crippen LogP) is 3.03. The van der Waals surface area contributed by atoms with Crippen LogP contribution in [-0.2, 0) is 7.05 Å². The van der Waals surface area contributed by atoms with Gasteiger partial charge in [0.2, 0.25) is 0 Å². The average molecular weight is 521 g/mol. The monoisotopic (exact) mass is 520 g/mol. The Hall–Kier alpha value is -3.83. The summed E-state index contributed by atoms with van der Waals surface area (Å²) >= 11 is 0. The van der Waals surface area contributed by atoms with Crippen molar-refractivity contribution in [3.05, 3.63) is 48.0 Å². The maximum Gasteiger partial charge on any atom is 0.316 e. The third-order valence-corrected chi connectivity index (χ3v) is 6.55. The molecule has 10 nitrogen and oxygen atoms in total. The highest BCUT2D eigenvalue weighted by atomic mass is 19.1. The minimum atomic E-state index is -0.501. The Morgan fingerprint density at radius 2 is 1.97 bits per heavy atom. The SMILES string of the molecule is C[C@@H]1CN(c2ccc(C(=O)Nc3cc(F)c4nn(C)cc4c3)c3nc(OCCN(C)C)ncc23)C[C@@H](C)N1. The summed E-state index contributed by atoms with van der Waals surface area (Å²) in [6.45, 7) is 7.05. The van der Waals surface area contributed by atoms with E-state index in [2.05, 4.69) is 44.4 Å². The maximum atomic E-state index is 14.6. The van der Waals surface area contributed by atoms with E-state index in [9.17, 15) is 9.18 Å². The minimum absolute atomic E-state index is 0.204. The summed E-state index contributed by atoms with van der Waals surface area (Å²) in [5, 5.41) is 11.9. The van der Waals surface area contributed by atoms with Gasteiger partial charge in [-0.15, -0.1) is 0 Å². The lowest BCUT2D eigenvalue weighted by Gasteiger charge is -2.38. The Kier molecular flexibility index (Phi) is 7.13.